The van der Waals surface area contributed by atoms with Gasteiger partial charge in [0.1, 0.15) is 0 Å². The number of rotatable bonds is 5. The molecule has 0 saturated carbocycles. The average molecular weight is 325 g/mol. The van der Waals surface area contributed by atoms with Crippen LogP contribution in [0.15, 0.2) is 0 Å². The molecular formula is C18H35N3O2. The minimum absolute atomic E-state index is 0.0177. The van der Waals surface area contributed by atoms with Crippen molar-refractivity contribution in [2.45, 2.75) is 71.1 Å². The lowest BCUT2D eigenvalue weighted by atomic mass is 10.1. The van der Waals surface area contributed by atoms with E-state index < -0.39 is 0 Å². The molecule has 23 heavy (non-hydrogen) atoms. The van der Waals surface area contributed by atoms with E-state index in [1.54, 1.807) is 0 Å². The van der Waals surface area contributed by atoms with E-state index in [9.17, 15) is 9.90 Å². The van der Waals surface area contributed by atoms with Crippen LogP contribution in [-0.4, -0.2) is 83.2 Å². The highest BCUT2D eigenvalue weighted by atomic mass is 16.3. The first-order valence-corrected chi connectivity index (χ1v) is 9.47. The third kappa shape index (κ3) is 5.16. The number of aliphatic hydroxyl groups is 1. The predicted octanol–water partition coefficient (Wildman–Crippen LogP) is 1.55. The van der Waals surface area contributed by atoms with Gasteiger partial charge < -0.3 is 10.0 Å². The molecule has 2 heterocycles. The SMILES string of the molecule is CC[C@@H]1CN([C@H](C)C(=O)N2CCCCCC2)CCN1C[C@H](C)O. The van der Waals surface area contributed by atoms with Crippen molar-refractivity contribution in [1.29, 1.82) is 0 Å². The number of carbonyl (C=O) groups is 1. The van der Waals surface area contributed by atoms with Gasteiger partial charge >= 0.3 is 0 Å². The summed E-state index contributed by atoms with van der Waals surface area (Å²) in [6.45, 7) is 11.5. The highest BCUT2D eigenvalue weighted by Crippen LogP contribution is 2.18. The summed E-state index contributed by atoms with van der Waals surface area (Å²) in [5.41, 5.74) is 0. The Morgan fingerprint density at radius 1 is 1.09 bits per heavy atom. The Labute approximate surface area is 141 Å². The van der Waals surface area contributed by atoms with Crippen LogP contribution in [0.5, 0.6) is 0 Å². The summed E-state index contributed by atoms with van der Waals surface area (Å²) >= 11 is 0. The molecule has 2 saturated heterocycles. The van der Waals surface area contributed by atoms with Crippen LogP contribution >= 0.6 is 0 Å². The Bertz CT molecular complexity index is 367. The minimum Gasteiger partial charge on any atom is -0.392 e. The monoisotopic (exact) mass is 325 g/mol. The normalized spacial score (nSPS) is 27.5. The number of piperazine rings is 1. The zero-order chi connectivity index (χ0) is 16.8. The van der Waals surface area contributed by atoms with E-state index in [-0.39, 0.29) is 12.1 Å². The van der Waals surface area contributed by atoms with Gasteiger partial charge in [-0.05, 0) is 33.1 Å². The maximum Gasteiger partial charge on any atom is 0.239 e. The Kier molecular flexibility index (Phi) is 7.31. The summed E-state index contributed by atoms with van der Waals surface area (Å²) in [5.74, 6) is 0.311. The van der Waals surface area contributed by atoms with E-state index >= 15 is 0 Å². The lowest BCUT2D eigenvalue weighted by Crippen LogP contribution is -2.59. The van der Waals surface area contributed by atoms with E-state index in [1.165, 1.54) is 12.8 Å². The average Bonchev–Trinajstić information content (AvgIpc) is 2.82. The highest BCUT2D eigenvalue weighted by molar-refractivity contribution is 5.81. The topological polar surface area (TPSA) is 47.0 Å². The fraction of sp³-hybridized carbons (Fsp3) is 0.944. The largest absolute Gasteiger partial charge is 0.392 e. The number of amides is 1. The van der Waals surface area contributed by atoms with Crippen LogP contribution in [0.3, 0.4) is 0 Å². The van der Waals surface area contributed by atoms with E-state index in [4.69, 9.17) is 0 Å². The number of hydrogen-bond donors (Lipinski definition) is 1. The van der Waals surface area contributed by atoms with Gasteiger partial charge in [-0.15, -0.1) is 0 Å². The van der Waals surface area contributed by atoms with Gasteiger partial charge in [-0.2, -0.15) is 0 Å². The second kappa shape index (κ2) is 9.00. The first-order chi connectivity index (χ1) is 11.0. The molecule has 0 aromatic rings. The summed E-state index contributed by atoms with van der Waals surface area (Å²) in [5, 5.41) is 9.66. The second-order valence-electron chi connectivity index (χ2n) is 7.32. The minimum atomic E-state index is -0.285. The van der Waals surface area contributed by atoms with Gasteiger partial charge in [0.15, 0.2) is 0 Å². The van der Waals surface area contributed by atoms with Gasteiger partial charge in [0.25, 0.3) is 0 Å². The lowest BCUT2D eigenvalue weighted by molar-refractivity contribution is -0.137. The summed E-state index contributed by atoms with van der Waals surface area (Å²) in [6, 6.07) is 0.425. The van der Waals surface area contributed by atoms with Crippen molar-refractivity contribution in [2.24, 2.45) is 0 Å². The number of likely N-dealkylation sites (tertiary alicyclic amines) is 1. The smallest absolute Gasteiger partial charge is 0.239 e. The summed E-state index contributed by atoms with van der Waals surface area (Å²) in [4.78, 5) is 19.6. The van der Waals surface area contributed by atoms with Gasteiger partial charge in [-0.3, -0.25) is 14.6 Å². The second-order valence-corrected chi connectivity index (χ2v) is 7.32. The maximum absolute atomic E-state index is 12.8. The molecule has 2 aliphatic rings. The number of carbonyl (C=O) groups excluding carboxylic acids is 1. The Balaban J connectivity index is 1.91. The fourth-order valence-corrected chi connectivity index (χ4v) is 3.95. The fourth-order valence-electron chi connectivity index (χ4n) is 3.95. The molecule has 1 amide bonds. The van der Waals surface area contributed by atoms with Crippen LogP contribution in [0.4, 0.5) is 0 Å². The van der Waals surface area contributed by atoms with Crippen molar-refractivity contribution >= 4 is 5.91 Å². The van der Waals surface area contributed by atoms with Crippen molar-refractivity contribution in [3.8, 4) is 0 Å². The predicted molar refractivity (Wildman–Crippen MR) is 93.4 cm³/mol. The van der Waals surface area contributed by atoms with Crippen LogP contribution < -0.4 is 0 Å². The molecule has 0 spiro atoms. The molecule has 0 radical (unpaired) electrons. The summed E-state index contributed by atoms with van der Waals surface area (Å²) < 4.78 is 0. The molecule has 2 aliphatic heterocycles. The lowest BCUT2D eigenvalue weighted by Gasteiger charge is -2.44. The van der Waals surface area contributed by atoms with E-state index in [1.807, 2.05) is 6.92 Å². The summed E-state index contributed by atoms with van der Waals surface area (Å²) in [6.07, 6.45) is 5.60. The molecule has 0 unspecified atom stereocenters. The van der Waals surface area contributed by atoms with Crippen LogP contribution in [0, 0.1) is 0 Å². The van der Waals surface area contributed by atoms with Gasteiger partial charge in [-0.1, -0.05) is 19.8 Å². The molecule has 0 aromatic carbocycles. The number of hydrogen-bond acceptors (Lipinski definition) is 4. The molecule has 5 heteroatoms. The molecule has 3 atom stereocenters. The van der Waals surface area contributed by atoms with Gasteiger partial charge in [0, 0.05) is 45.3 Å². The van der Waals surface area contributed by atoms with Crippen LogP contribution in [0.25, 0.3) is 0 Å². The van der Waals surface area contributed by atoms with Crippen molar-refractivity contribution < 1.29 is 9.90 Å². The molecule has 0 aromatic heterocycles. The molecule has 1 N–H and O–H groups in total. The molecule has 2 fully saturated rings. The first kappa shape index (κ1) is 18.7. The van der Waals surface area contributed by atoms with Crippen LogP contribution in [0.1, 0.15) is 52.9 Å². The standard InChI is InChI=1S/C18H35N3O2/c1-4-17-14-20(11-12-21(17)13-15(2)22)16(3)18(23)19-9-7-5-6-8-10-19/h15-17,22H,4-14H2,1-3H3/t15-,16+,17+/m0/s1. The van der Waals surface area contributed by atoms with E-state index in [0.717, 1.165) is 58.5 Å². The molecule has 2 rings (SSSR count). The van der Waals surface area contributed by atoms with Gasteiger partial charge in [-0.25, -0.2) is 0 Å². The number of β-amino-alcohol motifs (C(OH)–C–C–N with tert-alkyl or cyclic N) is 1. The van der Waals surface area contributed by atoms with E-state index in [2.05, 4.69) is 28.5 Å². The van der Waals surface area contributed by atoms with Crippen LogP contribution in [0.2, 0.25) is 0 Å². The van der Waals surface area contributed by atoms with Gasteiger partial charge in [0.2, 0.25) is 5.91 Å². The zero-order valence-corrected chi connectivity index (χ0v) is 15.2. The Morgan fingerprint density at radius 3 is 2.30 bits per heavy atom. The maximum atomic E-state index is 12.8. The quantitative estimate of drug-likeness (QED) is 0.833. The highest BCUT2D eigenvalue weighted by Gasteiger charge is 2.33. The van der Waals surface area contributed by atoms with E-state index in [0.29, 0.717) is 11.9 Å². The van der Waals surface area contributed by atoms with Crippen molar-refractivity contribution in [1.82, 2.24) is 14.7 Å². The molecule has 134 valence electrons. The molecule has 5 nitrogen and oxygen atoms in total. The number of aliphatic hydroxyl groups excluding tert-OH is 1. The molecule has 0 bridgehead atoms. The third-order valence-electron chi connectivity index (χ3n) is 5.43. The molecular weight excluding hydrogens is 290 g/mol. The van der Waals surface area contributed by atoms with Crippen molar-refractivity contribution in [3.63, 3.8) is 0 Å². The van der Waals surface area contributed by atoms with Crippen LogP contribution in [-0.2, 0) is 4.79 Å². The number of nitrogens with zero attached hydrogens (tertiary/aromatic N) is 3. The van der Waals surface area contributed by atoms with Gasteiger partial charge in [0.05, 0.1) is 12.1 Å². The Morgan fingerprint density at radius 2 is 1.74 bits per heavy atom. The Hall–Kier alpha value is -0.650. The summed E-state index contributed by atoms with van der Waals surface area (Å²) in [7, 11) is 0. The van der Waals surface area contributed by atoms with Crippen molar-refractivity contribution in [3.05, 3.63) is 0 Å². The molecule has 0 aliphatic carbocycles. The zero-order valence-electron chi connectivity index (χ0n) is 15.2. The third-order valence-corrected chi connectivity index (χ3v) is 5.43. The van der Waals surface area contributed by atoms with Crippen molar-refractivity contribution in [2.75, 3.05) is 39.3 Å². The first-order valence-electron chi connectivity index (χ1n) is 9.47.